The topological polar surface area (TPSA) is 27.7 Å². The number of methoxy groups -OCH3 is 1. The van der Waals surface area contributed by atoms with Crippen molar-refractivity contribution in [1.82, 2.24) is 0 Å². The van der Waals surface area contributed by atoms with Crippen LogP contribution in [0.5, 0.6) is 11.5 Å². The highest BCUT2D eigenvalue weighted by molar-refractivity contribution is 5.44. The quantitative estimate of drug-likeness (QED) is 0.852. The van der Waals surface area contributed by atoms with Crippen LogP contribution in [0.25, 0.3) is 0 Å². The van der Waals surface area contributed by atoms with E-state index in [1.54, 1.807) is 7.11 Å². The van der Waals surface area contributed by atoms with Crippen molar-refractivity contribution in [3.05, 3.63) is 59.7 Å². The Morgan fingerprint density at radius 1 is 1.00 bits per heavy atom. The van der Waals surface area contributed by atoms with E-state index in [1.807, 2.05) is 36.4 Å². The highest BCUT2D eigenvalue weighted by Gasteiger charge is 2.17. The number of benzene rings is 2. The molecule has 3 rings (SSSR count). The Morgan fingerprint density at radius 2 is 1.75 bits per heavy atom. The van der Waals surface area contributed by atoms with E-state index >= 15 is 0 Å². The molecule has 0 N–H and O–H groups in total. The number of ether oxygens (including phenoxy) is 3. The van der Waals surface area contributed by atoms with E-state index < -0.39 is 0 Å². The van der Waals surface area contributed by atoms with E-state index in [2.05, 4.69) is 12.1 Å². The predicted molar refractivity (Wildman–Crippen MR) is 77.3 cm³/mol. The first-order valence-electron chi connectivity index (χ1n) is 6.83. The highest BCUT2D eigenvalue weighted by Crippen LogP contribution is 2.34. The average molecular weight is 270 g/mol. The van der Waals surface area contributed by atoms with Crippen LogP contribution in [0.2, 0.25) is 0 Å². The molecule has 0 amide bonds. The van der Waals surface area contributed by atoms with Crippen LogP contribution in [0.4, 0.5) is 0 Å². The van der Waals surface area contributed by atoms with Crippen LogP contribution in [0, 0.1) is 0 Å². The maximum Gasteiger partial charge on any atom is 0.161 e. The van der Waals surface area contributed by atoms with Crippen molar-refractivity contribution in [3.8, 4) is 11.5 Å². The molecule has 104 valence electrons. The molecular weight excluding hydrogens is 252 g/mol. The van der Waals surface area contributed by atoms with Gasteiger partial charge in [-0.1, -0.05) is 36.4 Å². The Bertz CT molecular complexity index is 566. The van der Waals surface area contributed by atoms with Gasteiger partial charge in [0, 0.05) is 13.5 Å². The van der Waals surface area contributed by atoms with Crippen LogP contribution in [0.15, 0.2) is 48.5 Å². The molecule has 1 heterocycles. The second kappa shape index (κ2) is 5.97. The van der Waals surface area contributed by atoms with Gasteiger partial charge in [-0.05, 0) is 23.3 Å². The first kappa shape index (κ1) is 13.0. The van der Waals surface area contributed by atoms with Gasteiger partial charge in [-0.2, -0.15) is 0 Å². The normalized spacial score (nSPS) is 14.8. The van der Waals surface area contributed by atoms with Gasteiger partial charge >= 0.3 is 0 Å². The summed E-state index contributed by atoms with van der Waals surface area (Å²) in [7, 11) is 1.74. The molecule has 0 spiro atoms. The third-order valence-corrected chi connectivity index (χ3v) is 3.49. The summed E-state index contributed by atoms with van der Waals surface area (Å²) < 4.78 is 16.8. The van der Waals surface area contributed by atoms with Gasteiger partial charge in [-0.3, -0.25) is 0 Å². The van der Waals surface area contributed by atoms with Crippen molar-refractivity contribution in [1.29, 1.82) is 0 Å². The molecule has 3 nitrogen and oxygen atoms in total. The molecule has 2 aromatic carbocycles. The second-order valence-corrected chi connectivity index (χ2v) is 4.82. The van der Waals surface area contributed by atoms with E-state index in [1.165, 1.54) is 5.56 Å². The third kappa shape index (κ3) is 2.78. The Morgan fingerprint density at radius 3 is 2.50 bits per heavy atom. The standard InChI is InChI=1S/C17H18O3/c1-18-16(11-13-5-3-2-4-6-13)14-7-8-15-17(12-14)20-10-9-19-15/h2-8,12,16H,9-11H2,1H3. The Balaban J connectivity index is 1.82. The van der Waals surface area contributed by atoms with E-state index in [4.69, 9.17) is 14.2 Å². The minimum atomic E-state index is 0.0215. The largest absolute Gasteiger partial charge is 0.486 e. The molecule has 0 fully saturated rings. The van der Waals surface area contributed by atoms with Gasteiger partial charge in [0.1, 0.15) is 13.2 Å². The smallest absolute Gasteiger partial charge is 0.161 e. The fourth-order valence-electron chi connectivity index (χ4n) is 2.43. The summed E-state index contributed by atoms with van der Waals surface area (Å²) in [6.07, 6.45) is 0.866. The molecule has 3 heteroatoms. The predicted octanol–water partition coefficient (Wildman–Crippen LogP) is 3.39. The monoisotopic (exact) mass is 270 g/mol. The van der Waals surface area contributed by atoms with Gasteiger partial charge in [0.2, 0.25) is 0 Å². The van der Waals surface area contributed by atoms with Gasteiger partial charge < -0.3 is 14.2 Å². The minimum Gasteiger partial charge on any atom is -0.486 e. The van der Waals surface area contributed by atoms with Gasteiger partial charge in [0.15, 0.2) is 11.5 Å². The van der Waals surface area contributed by atoms with E-state index in [0.29, 0.717) is 13.2 Å². The summed E-state index contributed by atoms with van der Waals surface area (Å²) >= 11 is 0. The van der Waals surface area contributed by atoms with Crippen LogP contribution in [-0.2, 0) is 11.2 Å². The van der Waals surface area contributed by atoms with Crippen LogP contribution in [0.3, 0.4) is 0 Å². The fourth-order valence-corrected chi connectivity index (χ4v) is 2.43. The Kier molecular flexibility index (Phi) is 3.88. The first-order chi connectivity index (χ1) is 9.86. The van der Waals surface area contributed by atoms with Crippen molar-refractivity contribution in [3.63, 3.8) is 0 Å². The van der Waals surface area contributed by atoms with Gasteiger partial charge in [-0.25, -0.2) is 0 Å². The second-order valence-electron chi connectivity index (χ2n) is 4.82. The summed E-state index contributed by atoms with van der Waals surface area (Å²) in [6, 6.07) is 16.4. The summed E-state index contributed by atoms with van der Waals surface area (Å²) in [4.78, 5) is 0. The number of fused-ring (bicyclic) bond motifs is 1. The molecule has 1 aliphatic heterocycles. The van der Waals surface area contributed by atoms with Gasteiger partial charge in [0.05, 0.1) is 6.10 Å². The van der Waals surface area contributed by atoms with E-state index in [-0.39, 0.29) is 6.10 Å². The van der Waals surface area contributed by atoms with Crippen LogP contribution >= 0.6 is 0 Å². The molecule has 1 aliphatic rings. The van der Waals surface area contributed by atoms with Crippen LogP contribution in [-0.4, -0.2) is 20.3 Å². The van der Waals surface area contributed by atoms with Crippen molar-refractivity contribution in [2.24, 2.45) is 0 Å². The molecule has 1 unspecified atom stereocenters. The third-order valence-electron chi connectivity index (χ3n) is 3.49. The van der Waals surface area contributed by atoms with Crippen LogP contribution < -0.4 is 9.47 Å². The lowest BCUT2D eigenvalue weighted by Gasteiger charge is -2.21. The fraction of sp³-hybridized carbons (Fsp3) is 0.294. The zero-order valence-electron chi connectivity index (χ0n) is 11.5. The molecule has 20 heavy (non-hydrogen) atoms. The summed E-state index contributed by atoms with van der Waals surface area (Å²) in [5.41, 5.74) is 2.37. The maximum atomic E-state index is 5.63. The molecule has 1 atom stereocenters. The number of rotatable bonds is 4. The van der Waals surface area contributed by atoms with E-state index in [9.17, 15) is 0 Å². The Labute approximate surface area is 119 Å². The lowest BCUT2D eigenvalue weighted by Crippen LogP contribution is -2.16. The molecule has 0 radical (unpaired) electrons. The zero-order chi connectivity index (χ0) is 13.8. The number of hydrogen-bond acceptors (Lipinski definition) is 3. The van der Waals surface area contributed by atoms with Crippen molar-refractivity contribution >= 4 is 0 Å². The van der Waals surface area contributed by atoms with Crippen molar-refractivity contribution in [2.75, 3.05) is 20.3 Å². The molecule has 0 saturated carbocycles. The number of hydrogen-bond donors (Lipinski definition) is 0. The first-order valence-corrected chi connectivity index (χ1v) is 6.83. The molecule has 0 aromatic heterocycles. The molecule has 0 aliphatic carbocycles. The summed E-state index contributed by atoms with van der Waals surface area (Å²) in [5.74, 6) is 1.62. The maximum absolute atomic E-state index is 5.63. The van der Waals surface area contributed by atoms with Gasteiger partial charge in [-0.15, -0.1) is 0 Å². The van der Waals surface area contributed by atoms with Gasteiger partial charge in [0.25, 0.3) is 0 Å². The lowest BCUT2D eigenvalue weighted by atomic mass is 10.0. The van der Waals surface area contributed by atoms with E-state index in [0.717, 1.165) is 23.5 Å². The zero-order valence-corrected chi connectivity index (χ0v) is 11.5. The lowest BCUT2D eigenvalue weighted by molar-refractivity contribution is 0.103. The minimum absolute atomic E-state index is 0.0215. The highest BCUT2D eigenvalue weighted by atomic mass is 16.6. The molecule has 2 aromatic rings. The average Bonchev–Trinajstić information content (AvgIpc) is 2.53. The summed E-state index contributed by atoms with van der Waals surface area (Å²) in [6.45, 7) is 1.22. The van der Waals surface area contributed by atoms with Crippen molar-refractivity contribution in [2.45, 2.75) is 12.5 Å². The summed E-state index contributed by atoms with van der Waals surface area (Å²) in [5, 5.41) is 0. The Hall–Kier alpha value is -2.00. The molecular formula is C17H18O3. The van der Waals surface area contributed by atoms with Crippen molar-refractivity contribution < 1.29 is 14.2 Å². The molecule has 0 bridgehead atoms. The van der Waals surface area contributed by atoms with Crippen LogP contribution in [0.1, 0.15) is 17.2 Å². The molecule has 0 saturated heterocycles. The SMILES string of the molecule is COC(Cc1ccccc1)c1ccc2c(c1)OCCO2.